The lowest BCUT2D eigenvalue weighted by molar-refractivity contribution is -0.0705. The van der Waals surface area contributed by atoms with Crippen molar-refractivity contribution in [2.45, 2.75) is 39.1 Å². The lowest BCUT2D eigenvalue weighted by Crippen LogP contribution is -2.44. The predicted molar refractivity (Wildman–Crippen MR) is 91.0 cm³/mol. The first kappa shape index (κ1) is 16.8. The summed E-state index contributed by atoms with van der Waals surface area (Å²) in [7, 11) is 0. The van der Waals surface area contributed by atoms with Gasteiger partial charge in [0.25, 0.3) is 0 Å². The standard InChI is InChI=1S/C18H23FN4O/c1-13-10-23(11-14(2)24-13)12-16-6-4-3-5-15(16)7-20-18-21-8-17(19)9-22-18/h3-6,8-9,13-14H,7,10-12H2,1-2H3,(H,20,21,22)/t13-,14-/m0/s1. The molecule has 1 saturated heterocycles. The van der Waals surface area contributed by atoms with Crippen LogP contribution in [0.25, 0.3) is 0 Å². The van der Waals surface area contributed by atoms with Crippen LogP contribution in [-0.4, -0.2) is 40.2 Å². The first-order valence-electron chi connectivity index (χ1n) is 8.26. The zero-order valence-corrected chi connectivity index (χ0v) is 14.1. The number of ether oxygens (including phenoxy) is 1. The van der Waals surface area contributed by atoms with E-state index >= 15 is 0 Å². The number of hydrogen-bond donors (Lipinski definition) is 1. The lowest BCUT2D eigenvalue weighted by atomic mass is 10.1. The Hall–Kier alpha value is -2.05. The molecule has 0 amide bonds. The summed E-state index contributed by atoms with van der Waals surface area (Å²) >= 11 is 0. The fourth-order valence-electron chi connectivity index (χ4n) is 3.12. The highest BCUT2D eigenvalue weighted by atomic mass is 19.1. The van der Waals surface area contributed by atoms with Gasteiger partial charge in [0.1, 0.15) is 0 Å². The maximum absolute atomic E-state index is 12.9. The number of morpholine rings is 1. The van der Waals surface area contributed by atoms with Gasteiger partial charge in [0.05, 0.1) is 24.6 Å². The Labute approximate surface area is 141 Å². The van der Waals surface area contributed by atoms with Crippen molar-refractivity contribution in [1.82, 2.24) is 14.9 Å². The summed E-state index contributed by atoms with van der Waals surface area (Å²) in [6.45, 7) is 7.60. The van der Waals surface area contributed by atoms with Gasteiger partial charge in [-0.3, -0.25) is 4.90 Å². The molecule has 0 spiro atoms. The van der Waals surface area contributed by atoms with Gasteiger partial charge in [0, 0.05) is 26.2 Å². The Morgan fingerprint density at radius 2 is 1.75 bits per heavy atom. The lowest BCUT2D eigenvalue weighted by Gasteiger charge is -2.35. The molecule has 1 aromatic carbocycles. The summed E-state index contributed by atoms with van der Waals surface area (Å²) in [6.07, 6.45) is 2.84. The van der Waals surface area contributed by atoms with Crippen molar-refractivity contribution in [3.63, 3.8) is 0 Å². The molecule has 1 fully saturated rings. The van der Waals surface area contributed by atoms with Crippen LogP contribution in [0.2, 0.25) is 0 Å². The fraction of sp³-hybridized carbons (Fsp3) is 0.444. The summed E-state index contributed by atoms with van der Waals surface area (Å²) < 4.78 is 18.7. The second-order valence-electron chi connectivity index (χ2n) is 6.30. The van der Waals surface area contributed by atoms with Crippen molar-refractivity contribution in [2.24, 2.45) is 0 Å². The van der Waals surface area contributed by atoms with E-state index in [1.165, 1.54) is 11.1 Å². The average Bonchev–Trinajstić information content (AvgIpc) is 2.54. The smallest absolute Gasteiger partial charge is 0.223 e. The Morgan fingerprint density at radius 3 is 2.42 bits per heavy atom. The van der Waals surface area contributed by atoms with Gasteiger partial charge < -0.3 is 10.1 Å². The highest BCUT2D eigenvalue weighted by molar-refractivity contribution is 5.32. The average molecular weight is 330 g/mol. The van der Waals surface area contributed by atoms with Crippen LogP contribution < -0.4 is 5.32 Å². The van der Waals surface area contributed by atoms with Crippen molar-refractivity contribution in [3.8, 4) is 0 Å². The molecule has 2 aromatic rings. The molecule has 2 heterocycles. The Balaban J connectivity index is 1.65. The molecule has 5 nitrogen and oxygen atoms in total. The van der Waals surface area contributed by atoms with Crippen molar-refractivity contribution in [3.05, 3.63) is 53.6 Å². The summed E-state index contributed by atoms with van der Waals surface area (Å²) in [6, 6.07) is 8.32. The third-order valence-corrected chi connectivity index (χ3v) is 4.06. The van der Waals surface area contributed by atoms with Gasteiger partial charge in [-0.15, -0.1) is 0 Å². The minimum absolute atomic E-state index is 0.256. The summed E-state index contributed by atoms with van der Waals surface area (Å²) in [4.78, 5) is 10.3. The molecule has 1 aliphatic heterocycles. The van der Waals surface area contributed by atoms with Crippen LogP contribution in [0.5, 0.6) is 0 Å². The molecule has 1 N–H and O–H groups in total. The normalized spacial score (nSPS) is 21.6. The van der Waals surface area contributed by atoms with E-state index in [0.717, 1.165) is 32.0 Å². The molecule has 0 radical (unpaired) electrons. The molecule has 128 valence electrons. The molecule has 0 bridgehead atoms. The number of halogens is 1. The molecule has 0 unspecified atom stereocenters. The number of nitrogens with zero attached hydrogens (tertiary/aromatic N) is 3. The Morgan fingerprint density at radius 1 is 1.12 bits per heavy atom. The maximum Gasteiger partial charge on any atom is 0.223 e. The molecule has 1 aliphatic rings. The highest BCUT2D eigenvalue weighted by Gasteiger charge is 2.22. The maximum atomic E-state index is 12.9. The van der Waals surface area contributed by atoms with Gasteiger partial charge in [-0.1, -0.05) is 24.3 Å². The van der Waals surface area contributed by atoms with Crippen LogP contribution in [0, 0.1) is 5.82 Å². The largest absolute Gasteiger partial charge is 0.373 e. The Bertz CT molecular complexity index is 654. The van der Waals surface area contributed by atoms with E-state index in [4.69, 9.17) is 4.74 Å². The second kappa shape index (κ2) is 7.68. The van der Waals surface area contributed by atoms with Gasteiger partial charge in [-0.25, -0.2) is 14.4 Å². The minimum atomic E-state index is -0.434. The van der Waals surface area contributed by atoms with E-state index in [1.807, 2.05) is 6.07 Å². The first-order valence-corrected chi connectivity index (χ1v) is 8.26. The molecular weight excluding hydrogens is 307 g/mol. The van der Waals surface area contributed by atoms with Crippen LogP contribution in [0.15, 0.2) is 36.7 Å². The molecule has 2 atom stereocenters. The highest BCUT2D eigenvalue weighted by Crippen LogP contribution is 2.17. The minimum Gasteiger partial charge on any atom is -0.373 e. The molecule has 1 aromatic heterocycles. The molecule has 6 heteroatoms. The van der Waals surface area contributed by atoms with Crippen LogP contribution >= 0.6 is 0 Å². The van der Waals surface area contributed by atoms with Gasteiger partial charge in [0.15, 0.2) is 5.82 Å². The molecule has 24 heavy (non-hydrogen) atoms. The van der Waals surface area contributed by atoms with Crippen LogP contribution in [0.1, 0.15) is 25.0 Å². The zero-order chi connectivity index (χ0) is 16.9. The van der Waals surface area contributed by atoms with Crippen molar-refractivity contribution >= 4 is 5.95 Å². The van der Waals surface area contributed by atoms with E-state index in [1.54, 1.807) is 0 Å². The second-order valence-corrected chi connectivity index (χ2v) is 6.30. The van der Waals surface area contributed by atoms with Crippen molar-refractivity contribution in [1.29, 1.82) is 0 Å². The summed E-state index contributed by atoms with van der Waals surface area (Å²) in [5.74, 6) is -0.00340. The topological polar surface area (TPSA) is 50.3 Å². The Kier molecular flexibility index (Phi) is 5.37. The quantitative estimate of drug-likeness (QED) is 0.913. The van der Waals surface area contributed by atoms with E-state index in [-0.39, 0.29) is 12.2 Å². The first-order chi connectivity index (χ1) is 11.6. The van der Waals surface area contributed by atoms with Gasteiger partial charge >= 0.3 is 0 Å². The molecule has 0 aliphatic carbocycles. The number of hydrogen-bond acceptors (Lipinski definition) is 5. The van der Waals surface area contributed by atoms with Crippen LogP contribution in [0.3, 0.4) is 0 Å². The number of nitrogens with one attached hydrogen (secondary N) is 1. The fourth-order valence-corrected chi connectivity index (χ4v) is 3.12. The van der Waals surface area contributed by atoms with E-state index in [2.05, 4.69) is 52.2 Å². The monoisotopic (exact) mass is 330 g/mol. The molecular formula is C18H23FN4O. The SMILES string of the molecule is C[C@H]1CN(Cc2ccccc2CNc2ncc(F)cn2)C[C@H](C)O1. The predicted octanol–water partition coefficient (Wildman–Crippen LogP) is 2.84. The third-order valence-electron chi connectivity index (χ3n) is 4.06. The van der Waals surface area contributed by atoms with Crippen LogP contribution in [0.4, 0.5) is 10.3 Å². The molecule has 0 saturated carbocycles. The van der Waals surface area contributed by atoms with Gasteiger partial charge in [0.2, 0.25) is 5.95 Å². The number of benzene rings is 1. The van der Waals surface area contributed by atoms with Crippen molar-refractivity contribution < 1.29 is 9.13 Å². The van der Waals surface area contributed by atoms with Crippen LogP contribution in [-0.2, 0) is 17.8 Å². The number of anilines is 1. The van der Waals surface area contributed by atoms with Gasteiger partial charge in [-0.05, 0) is 25.0 Å². The number of aromatic nitrogens is 2. The molecule has 3 rings (SSSR count). The van der Waals surface area contributed by atoms with Crippen molar-refractivity contribution in [2.75, 3.05) is 18.4 Å². The number of rotatable bonds is 5. The zero-order valence-electron chi connectivity index (χ0n) is 14.1. The van der Waals surface area contributed by atoms with E-state index in [0.29, 0.717) is 12.5 Å². The summed E-state index contributed by atoms with van der Waals surface area (Å²) in [5.41, 5.74) is 2.46. The van der Waals surface area contributed by atoms with Gasteiger partial charge in [-0.2, -0.15) is 0 Å². The van der Waals surface area contributed by atoms with E-state index < -0.39 is 5.82 Å². The van der Waals surface area contributed by atoms with E-state index in [9.17, 15) is 4.39 Å². The summed E-state index contributed by atoms with van der Waals surface area (Å²) in [5, 5.41) is 3.15. The third kappa shape index (κ3) is 4.49.